The maximum atomic E-state index is 12.7. The molecule has 4 nitrogen and oxygen atoms in total. The highest BCUT2D eigenvalue weighted by Crippen LogP contribution is 2.29. The van der Waals surface area contributed by atoms with Crippen molar-refractivity contribution in [2.75, 3.05) is 25.5 Å². The maximum absolute atomic E-state index is 12.7. The van der Waals surface area contributed by atoms with E-state index in [0.29, 0.717) is 12.1 Å². The Bertz CT molecular complexity index is 533. The number of halogens is 3. The Morgan fingerprint density at radius 2 is 2.24 bits per heavy atom. The third-order valence-corrected chi connectivity index (χ3v) is 3.85. The molecule has 1 atom stereocenters. The van der Waals surface area contributed by atoms with Gasteiger partial charge in [-0.15, -0.1) is 0 Å². The van der Waals surface area contributed by atoms with E-state index >= 15 is 0 Å². The molecule has 1 aromatic heterocycles. The van der Waals surface area contributed by atoms with Gasteiger partial charge in [-0.05, 0) is 38.6 Å². The maximum Gasteiger partial charge on any atom is 0.433 e. The van der Waals surface area contributed by atoms with E-state index in [1.807, 2.05) is 7.05 Å². The predicted molar refractivity (Wildman–Crippen MR) is 79.3 cm³/mol. The zero-order chi connectivity index (χ0) is 15.6. The molecule has 2 heterocycles. The summed E-state index contributed by atoms with van der Waals surface area (Å²) >= 11 is 4.86. The summed E-state index contributed by atoms with van der Waals surface area (Å²) in [4.78, 5) is 5.82. The average Bonchev–Trinajstić information content (AvgIpc) is 2.80. The van der Waals surface area contributed by atoms with Crippen LogP contribution in [0.2, 0.25) is 0 Å². The number of hydrogen-bond donors (Lipinski definition) is 2. The highest BCUT2D eigenvalue weighted by atomic mass is 32.1. The molecule has 1 aliphatic heterocycles. The fraction of sp³-hybridized carbons (Fsp3) is 0.538. The van der Waals surface area contributed by atoms with Crippen LogP contribution in [0.5, 0.6) is 0 Å². The van der Waals surface area contributed by atoms with Crippen LogP contribution in [0, 0.1) is 0 Å². The molecule has 0 aromatic carbocycles. The summed E-state index contributed by atoms with van der Waals surface area (Å²) in [6.45, 7) is 1.50. The second kappa shape index (κ2) is 6.15. The summed E-state index contributed by atoms with van der Waals surface area (Å²) in [5.74, 6) is 0.0950. The van der Waals surface area contributed by atoms with E-state index in [9.17, 15) is 13.2 Å². The molecular weight excluding hydrogens is 301 g/mol. The third-order valence-electron chi connectivity index (χ3n) is 3.63. The van der Waals surface area contributed by atoms with Crippen molar-refractivity contribution in [1.29, 1.82) is 0 Å². The topological polar surface area (TPSA) is 54.2 Å². The predicted octanol–water partition coefficient (Wildman–Crippen LogP) is 2.24. The van der Waals surface area contributed by atoms with Gasteiger partial charge in [0.05, 0.1) is 5.56 Å². The van der Waals surface area contributed by atoms with Gasteiger partial charge in [0.2, 0.25) is 0 Å². The summed E-state index contributed by atoms with van der Waals surface area (Å²) in [7, 11) is 1.99. The summed E-state index contributed by atoms with van der Waals surface area (Å²) in [5.41, 5.74) is 4.92. The van der Waals surface area contributed by atoms with E-state index in [4.69, 9.17) is 18.0 Å². The number of nitrogens with zero attached hydrogens (tertiary/aromatic N) is 2. The van der Waals surface area contributed by atoms with E-state index in [-0.39, 0.29) is 16.8 Å². The standard InChI is InChI=1S/C13H17F3N4S/c1-20-6-2-3-8(20)7-18-12-9(11(17)21)4-5-10(19-12)13(14,15)16/h4-5,8H,2-3,6-7H2,1H3,(H2,17,21)(H,18,19). The molecule has 0 spiro atoms. The summed E-state index contributed by atoms with van der Waals surface area (Å²) in [6.07, 6.45) is -2.40. The lowest BCUT2D eigenvalue weighted by molar-refractivity contribution is -0.141. The van der Waals surface area contributed by atoms with Crippen LogP contribution in [-0.2, 0) is 6.18 Å². The molecular formula is C13H17F3N4S. The number of anilines is 1. The second-order valence-electron chi connectivity index (χ2n) is 5.11. The smallest absolute Gasteiger partial charge is 0.389 e. The number of thiocarbonyl (C=S) groups is 1. The van der Waals surface area contributed by atoms with E-state index in [0.717, 1.165) is 25.5 Å². The second-order valence-corrected chi connectivity index (χ2v) is 5.55. The fourth-order valence-electron chi connectivity index (χ4n) is 2.40. The molecule has 21 heavy (non-hydrogen) atoms. The lowest BCUT2D eigenvalue weighted by Gasteiger charge is -2.21. The van der Waals surface area contributed by atoms with Crippen molar-refractivity contribution in [3.05, 3.63) is 23.4 Å². The summed E-state index contributed by atoms with van der Waals surface area (Å²) in [6, 6.07) is 2.43. The molecule has 1 saturated heterocycles. The summed E-state index contributed by atoms with van der Waals surface area (Å²) in [5, 5.41) is 2.96. The van der Waals surface area contributed by atoms with Gasteiger partial charge in [0, 0.05) is 12.6 Å². The molecule has 0 bridgehead atoms. The largest absolute Gasteiger partial charge is 0.433 e. The molecule has 8 heteroatoms. The van der Waals surface area contributed by atoms with E-state index in [1.54, 1.807) is 0 Å². The molecule has 1 fully saturated rings. The average molecular weight is 318 g/mol. The normalized spacial score (nSPS) is 19.7. The Morgan fingerprint density at radius 1 is 1.52 bits per heavy atom. The first kappa shape index (κ1) is 16.0. The van der Waals surface area contributed by atoms with E-state index in [1.165, 1.54) is 6.07 Å². The highest BCUT2D eigenvalue weighted by Gasteiger charge is 2.33. The van der Waals surface area contributed by atoms with Crippen molar-refractivity contribution in [3.8, 4) is 0 Å². The van der Waals surface area contributed by atoms with Crippen molar-refractivity contribution in [3.63, 3.8) is 0 Å². The van der Waals surface area contributed by atoms with Crippen LogP contribution in [0.3, 0.4) is 0 Å². The van der Waals surface area contributed by atoms with Gasteiger partial charge in [-0.2, -0.15) is 13.2 Å². The molecule has 1 aromatic rings. The van der Waals surface area contributed by atoms with Gasteiger partial charge in [0.25, 0.3) is 0 Å². The number of nitrogens with two attached hydrogens (primary N) is 1. The van der Waals surface area contributed by atoms with E-state index < -0.39 is 11.9 Å². The van der Waals surface area contributed by atoms with Gasteiger partial charge in [0.1, 0.15) is 16.5 Å². The Balaban J connectivity index is 2.20. The number of likely N-dealkylation sites (N-methyl/N-ethyl adjacent to an activating group) is 1. The molecule has 3 N–H and O–H groups in total. The van der Waals surface area contributed by atoms with Crippen LogP contribution in [0.15, 0.2) is 12.1 Å². The van der Waals surface area contributed by atoms with Crippen molar-refractivity contribution in [2.24, 2.45) is 5.73 Å². The van der Waals surface area contributed by atoms with Gasteiger partial charge < -0.3 is 16.0 Å². The molecule has 2 rings (SSSR count). The van der Waals surface area contributed by atoms with Gasteiger partial charge in [0.15, 0.2) is 0 Å². The van der Waals surface area contributed by atoms with Crippen LogP contribution in [0.1, 0.15) is 24.1 Å². The number of pyridine rings is 1. The van der Waals surface area contributed by atoms with Crippen molar-refractivity contribution < 1.29 is 13.2 Å². The van der Waals surface area contributed by atoms with Crippen LogP contribution < -0.4 is 11.1 Å². The molecule has 116 valence electrons. The van der Waals surface area contributed by atoms with Gasteiger partial charge >= 0.3 is 6.18 Å². The number of hydrogen-bond acceptors (Lipinski definition) is 4. The first-order valence-electron chi connectivity index (χ1n) is 6.61. The molecule has 1 aliphatic rings. The first-order chi connectivity index (χ1) is 9.79. The lowest BCUT2D eigenvalue weighted by atomic mass is 10.2. The van der Waals surface area contributed by atoms with Crippen LogP contribution in [-0.4, -0.2) is 41.1 Å². The van der Waals surface area contributed by atoms with E-state index in [2.05, 4.69) is 15.2 Å². The minimum atomic E-state index is -4.49. The van der Waals surface area contributed by atoms with Crippen molar-refractivity contribution in [1.82, 2.24) is 9.88 Å². The molecule has 0 saturated carbocycles. The highest BCUT2D eigenvalue weighted by molar-refractivity contribution is 7.80. The Kier molecular flexibility index (Phi) is 4.67. The zero-order valence-electron chi connectivity index (χ0n) is 11.6. The molecule has 0 radical (unpaired) electrons. The molecule has 0 amide bonds. The Hall–Kier alpha value is -1.41. The number of alkyl halides is 3. The Labute approximate surface area is 126 Å². The van der Waals surface area contributed by atoms with Gasteiger partial charge in [-0.25, -0.2) is 4.98 Å². The van der Waals surface area contributed by atoms with Crippen LogP contribution in [0.4, 0.5) is 19.0 Å². The Morgan fingerprint density at radius 3 is 2.76 bits per heavy atom. The van der Waals surface area contributed by atoms with Crippen LogP contribution >= 0.6 is 12.2 Å². The fourth-order valence-corrected chi connectivity index (χ4v) is 2.57. The summed E-state index contributed by atoms with van der Waals surface area (Å²) < 4.78 is 38.2. The number of nitrogens with one attached hydrogen (secondary N) is 1. The van der Waals surface area contributed by atoms with Gasteiger partial charge in [-0.1, -0.05) is 12.2 Å². The molecule has 0 aliphatic carbocycles. The van der Waals surface area contributed by atoms with Crippen LogP contribution in [0.25, 0.3) is 0 Å². The SMILES string of the molecule is CN1CCCC1CNc1nc(C(F)(F)F)ccc1C(N)=S. The minimum absolute atomic E-state index is 0.0264. The lowest BCUT2D eigenvalue weighted by Crippen LogP contribution is -2.32. The number of aromatic nitrogens is 1. The van der Waals surface area contributed by atoms with Gasteiger partial charge in [-0.3, -0.25) is 0 Å². The quantitative estimate of drug-likeness (QED) is 0.834. The van der Waals surface area contributed by atoms with Crippen molar-refractivity contribution in [2.45, 2.75) is 25.1 Å². The van der Waals surface area contributed by atoms with Crippen molar-refractivity contribution >= 4 is 23.0 Å². The number of likely N-dealkylation sites (tertiary alicyclic amines) is 1. The monoisotopic (exact) mass is 318 g/mol. The minimum Gasteiger partial charge on any atom is -0.389 e. The first-order valence-corrected chi connectivity index (χ1v) is 7.02. The zero-order valence-corrected chi connectivity index (χ0v) is 12.4. The number of rotatable bonds is 4. The third kappa shape index (κ3) is 3.82. The molecule has 1 unspecified atom stereocenters.